The van der Waals surface area contributed by atoms with E-state index in [0.29, 0.717) is 29.9 Å². The van der Waals surface area contributed by atoms with Crippen molar-refractivity contribution in [1.29, 1.82) is 0 Å². The molecule has 2 N–H and O–H groups in total. The molecule has 15 heteroatoms. The predicted octanol–water partition coefficient (Wildman–Crippen LogP) is 3.85. The summed E-state index contributed by atoms with van der Waals surface area (Å²) in [5.41, 5.74) is 1.47. The first-order chi connectivity index (χ1) is 20.7. The SMILES string of the molecule is O=C(CSc1nnc(CNC(=O)c2ccc(S(=O)(=O)N3CCOCC3)cc2)n1-c1ccc(Br)cc1)Nc1ccc(F)cc1. The summed E-state index contributed by atoms with van der Waals surface area (Å²) >= 11 is 4.58. The number of amides is 2. The molecule has 1 saturated heterocycles. The summed E-state index contributed by atoms with van der Waals surface area (Å²) in [6.45, 7) is 1.26. The smallest absolute Gasteiger partial charge is 0.251 e. The summed E-state index contributed by atoms with van der Waals surface area (Å²) in [5, 5.41) is 14.4. The zero-order chi connectivity index (χ0) is 30.4. The first kappa shape index (κ1) is 30.8. The molecule has 11 nitrogen and oxygen atoms in total. The highest BCUT2D eigenvalue weighted by atomic mass is 79.9. The van der Waals surface area contributed by atoms with Gasteiger partial charge in [-0.15, -0.1) is 10.2 Å². The Morgan fingerprint density at radius 2 is 1.63 bits per heavy atom. The molecular formula is C28H26BrFN6O5S2. The second kappa shape index (κ2) is 13.8. The molecule has 0 unspecified atom stereocenters. The molecule has 0 bridgehead atoms. The molecule has 1 aliphatic rings. The molecule has 4 aromatic rings. The van der Waals surface area contributed by atoms with Gasteiger partial charge in [-0.3, -0.25) is 14.2 Å². The fourth-order valence-electron chi connectivity index (χ4n) is 4.19. The van der Waals surface area contributed by atoms with Crippen LogP contribution in [0, 0.1) is 5.82 Å². The van der Waals surface area contributed by atoms with Gasteiger partial charge in [0.25, 0.3) is 5.91 Å². The van der Waals surface area contributed by atoms with E-state index in [9.17, 15) is 22.4 Å². The molecule has 2 heterocycles. The summed E-state index contributed by atoms with van der Waals surface area (Å²) in [6, 6.07) is 18.6. The molecule has 3 aromatic carbocycles. The number of benzene rings is 3. The Morgan fingerprint density at radius 1 is 0.953 bits per heavy atom. The number of sulfonamides is 1. The number of hydrogen-bond donors (Lipinski definition) is 2. The maximum absolute atomic E-state index is 13.2. The monoisotopic (exact) mass is 688 g/mol. The van der Waals surface area contributed by atoms with Crippen molar-refractivity contribution in [3.05, 3.63) is 94.5 Å². The van der Waals surface area contributed by atoms with Gasteiger partial charge in [-0.1, -0.05) is 27.7 Å². The van der Waals surface area contributed by atoms with Crippen molar-refractivity contribution >= 4 is 55.2 Å². The van der Waals surface area contributed by atoms with Crippen molar-refractivity contribution in [3.8, 4) is 5.69 Å². The molecular weight excluding hydrogens is 663 g/mol. The molecule has 0 spiro atoms. The van der Waals surface area contributed by atoms with Crippen LogP contribution in [0.15, 0.2) is 87.3 Å². The molecule has 1 aliphatic heterocycles. The van der Waals surface area contributed by atoms with Gasteiger partial charge in [0.15, 0.2) is 11.0 Å². The Bertz CT molecular complexity index is 1700. The van der Waals surface area contributed by atoms with Crippen molar-refractivity contribution in [2.45, 2.75) is 16.6 Å². The highest BCUT2D eigenvalue weighted by Crippen LogP contribution is 2.24. The number of thioether (sulfide) groups is 1. The van der Waals surface area contributed by atoms with E-state index < -0.39 is 21.7 Å². The van der Waals surface area contributed by atoms with Gasteiger partial charge in [0.2, 0.25) is 15.9 Å². The van der Waals surface area contributed by atoms with E-state index in [1.165, 1.54) is 52.8 Å². The van der Waals surface area contributed by atoms with Gasteiger partial charge in [0, 0.05) is 34.5 Å². The summed E-state index contributed by atoms with van der Waals surface area (Å²) in [4.78, 5) is 25.6. The van der Waals surface area contributed by atoms with Crippen LogP contribution in [0.1, 0.15) is 16.2 Å². The van der Waals surface area contributed by atoms with Crippen molar-refractivity contribution < 1.29 is 27.1 Å². The zero-order valence-electron chi connectivity index (χ0n) is 22.6. The lowest BCUT2D eigenvalue weighted by atomic mass is 10.2. The lowest BCUT2D eigenvalue weighted by Gasteiger charge is -2.26. The number of rotatable bonds is 10. The van der Waals surface area contributed by atoms with Crippen LogP contribution in [0.5, 0.6) is 0 Å². The van der Waals surface area contributed by atoms with Gasteiger partial charge in [0.1, 0.15) is 5.82 Å². The second-order valence-electron chi connectivity index (χ2n) is 9.28. The normalized spacial score (nSPS) is 13.9. The van der Waals surface area contributed by atoms with E-state index in [4.69, 9.17) is 4.74 Å². The molecule has 224 valence electrons. The number of aromatic nitrogens is 3. The molecule has 0 radical (unpaired) electrons. The number of hydrogen-bond acceptors (Lipinski definition) is 8. The number of nitrogens with one attached hydrogen (secondary N) is 2. The van der Waals surface area contributed by atoms with Gasteiger partial charge in [0.05, 0.1) is 30.4 Å². The molecule has 1 fully saturated rings. The summed E-state index contributed by atoms with van der Waals surface area (Å²) in [5.74, 6) is -0.700. The highest BCUT2D eigenvalue weighted by Gasteiger charge is 2.26. The van der Waals surface area contributed by atoms with Crippen molar-refractivity contribution in [2.75, 3.05) is 37.4 Å². The maximum Gasteiger partial charge on any atom is 0.251 e. The first-order valence-corrected chi connectivity index (χ1v) is 16.3. The van der Waals surface area contributed by atoms with Crippen LogP contribution in [0.4, 0.5) is 10.1 Å². The van der Waals surface area contributed by atoms with Gasteiger partial charge >= 0.3 is 0 Å². The quantitative estimate of drug-likeness (QED) is 0.240. The van der Waals surface area contributed by atoms with E-state index in [2.05, 4.69) is 36.8 Å². The number of nitrogens with zero attached hydrogens (tertiary/aromatic N) is 4. The Balaban J connectivity index is 1.27. The standard InChI is InChI=1S/C28H26BrFN6O5S2/c29-20-3-9-23(10-4-20)36-25(33-34-28(36)42-18-26(37)32-22-7-5-21(30)6-8-22)17-31-27(38)19-1-11-24(12-2-19)43(39,40)35-13-15-41-16-14-35/h1-12H,13-18H2,(H,31,38)(H,32,37). The third-order valence-electron chi connectivity index (χ3n) is 6.38. The summed E-state index contributed by atoms with van der Waals surface area (Å²) in [7, 11) is -3.68. The molecule has 1 aromatic heterocycles. The Labute approximate surface area is 260 Å². The van der Waals surface area contributed by atoms with E-state index >= 15 is 0 Å². The second-order valence-corrected chi connectivity index (χ2v) is 13.1. The minimum absolute atomic E-state index is 0.0120. The number of morpholine rings is 1. The zero-order valence-corrected chi connectivity index (χ0v) is 25.8. The van der Waals surface area contributed by atoms with E-state index in [1.807, 2.05) is 24.3 Å². The predicted molar refractivity (Wildman–Crippen MR) is 162 cm³/mol. The van der Waals surface area contributed by atoms with Crippen LogP contribution >= 0.6 is 27.7 Å². The largest absolute Gasteiger partial charge is 0.379 e. The minimum atomic E-state index is -3.68. The Hall–Kier alpha value is -3.63. The molecule has 0 atom stereocenters. The van der Waals surface area contributed by atoms with Crippen molar-refractivity contribution in [1.82, 2.24) is 24.4 Å². The topological polar surface area (TPSA) is 136 Å². The highest BCUT2D eigenvalue weighted by molar-refractivity contribution is 9.10. The van der Waals surface area contributed by atoms with E-state index in [0.717, 1.165) is 21.9 Å². The lowest BCUT2D eigenvalue weighted by Crippen LogP contribution is -2.40. The van der Waals surface area contributed by atoms with Crippen molar-refractivity contribution in [2.24, 2.45) is 0 Å². The van der Waals surface area contributed by atoms with Gasteiger partial charge < -0.3 is 15.4 Å². The lowest BCUT2D eigenvalue weighted by molar-refractivity contribution is -0.113. The number of carbonyl (C=O) groups is 2. The van der Waals surface area contributed by atoms with Crippen LogP contribution in [0.25, 0.3) is 5.69 Å². The third-order valence-corrected chi connectivity index (χ3v) is 9.75. The van der Waals surface area contributed by atoms with Crippen molar-refractivity contribution in [3.63, 3.8) is 0 Å². The van der Waals surface area contributed by atoms with Crippen LogP contribution in [-0.2, 0) is 26.1 Å². The summed E-state index contributed by atoms with van der Waals surface area (Å²) in [6.07, 6.45) is 0. The first-order valence-electron chi connectivity index (χ1n) is 13.1. The van der Waals surface area contributed by atoms with Gasteiger partial charge in [-0.25, -0.2) is 12.8 Å². The van der Waals surface area contributed by atoms with Gasteiger partial charge in [-0.05, 0) is 72.8 Å². The van der Waals surface area contributed by atoms with Crippen LogP contribution in [0.3, 0.4) is 0 Å². The molecule has 0 aliphatic carbocycles. The van der Waals surface area contributed by atoms with E-state index in [1.54, 1.807) is 4.57 Å². The Kier molecular flexibility index (Phi) is 9.87. The van der Waals surface area contributed by atoms with E-state index in [-0.39, 0.29) is 41.8 Å². The minimum Gasteiger partial charge on any atom is -0.379 e. The number of ether oxygens (including phenoxy) is 1. The third kappa shape index (κ3) is 7.67. The number of anilines is 1. The number of carbonyl (C=O) groups excluding carboxylic acids is 2. The van der Waals surface area contributed by atoms with Crippen LogP contribution in [0.2, 0.25) is 0 Å². The molecule has 43 heavy (non-hydrogen) atoms. The number of halogens is 2. The fraction of sp³-hybridized carbons (Fsp3) is 0.214. The average molecular weight is 690 g/mol. The van der Waals surface area contributed by atoms with Gasteiger partial charge in [-0.2, -0.15) is 4.31 Å². The Morgan fingerprint density at radius 3 is 2.30 bits per heavy atom. The van der Waals surface area contributed by atoms with Crippen LogP contribution < -0.4 is 10.6 Å². The van der Waals surface area contributed by atoms with Crippen LogP contribution in [-0.4, -0.2) is 71.4 Å². The molecule has 2 amide bonds. The maximum atomic E-state index is 13.2. The fourth-order valence-corrected chi connectivity index (χ4v) is 6.64. The molecule has 5 rings (SSSR count). The summed E-state index contributed by atoms with van der Waals surface area (Å²) < 4.78 is 48.1. The molecule has 0 saturated carbocycles. The average Bonchev–Trinajstić information content (AvgIpc) is 3.43.